The van der Waals surface area contributed by atoms with E-state index in [1.54, 1.807) is 12.1 Å². The van der Waals surface area contributed by atoms with Crippen molar-refractivity contribution in [2.75, 3.05) is 17.9 Å². The molecular weight excluding hydrogens is 272 g/mol. The zero-order valence-electron chi connectivity index (χ0n) is 10.4. The summed E-state index contributed by atoms with van der Waals surface area (Å²) in [5.74, 6) is -0.852. The van der Waals surface area contributed by atoms with Gasteiger partial charge in [0, 0.05) is 12.2 Å². The van der Waals surface area contributed by atoms with Gasteiger partial charge in [0.1, 0.15) is 12.4 Å². The highest BCUT2D eigenvalue weighted by Gasteiger charge is 2.27. The Balaban J connectivity index is 2.75. The van der Waals surface area contributed by atoms with Gasteiger partial charge < -0.3 is 15.6 Å². The van der Waals surface area contributed by atoms with E-state index in [2.05, 4.69) is 4.72 Å². The molecule has 1 unspecified atom stereocenters. The summed E-state index contributed by atoms with van der Waals surface area (Å²) in [5.41, 5.74) is 5.55. The maximum Gasteiger partial charge on any atom is 0.323 e. The molecule has 0 heterocycles. The minimum absolute atomic E-state index is 0.271. The topological polar surface area (TPSA) is 119 Å². The smallest absolute Gasteiger partial charge is 0.323 e. The molecule has 0 aliphatic heterocycles. The highest BCUT2D eigenvalue weighted by Crippen LogP contribution is 2.17. The van der Waals surface area contributed by atoms with Crippen molar-refractivity contribution in [2.24, 2.45) is 5.73 Å². The number of anilines is 1. The third kappa shape index (κ3) is 4.42. The van der Waals surface area contributed by atoms with Gasteiger partial charge in [0.2, 0.25) is 10.0 Å². The van der Waals surface area contributed by atoms with Crippen LogP contribution in [0.4, 0.5) is 5.69 Å². The predicted molar refractivity (Wildman–Crippen MR) is 70.6 cm³/mol. The molecule has 1 rings (SSSR count). The lowest BCUT2D eigenvalue weighted by atomic mass is 10.3. The molecule has 0 aliphatic carbocycles. The van der Waals surface area contributed by atoms with Gasteiger partial charge in [0.15, 0.2) is 5.25 Å². The van der Waals surface area contributed by atoms with E-state index in [4.69, 9.17) is 15.6 Å². The van der Waals surface area contributed by atoms with Gasteiger partial charge >= 0.3 is 5.97 Å². The van der Waals surface area contributed by atoms with Gasteiger partial charge in [-0.25, -0.2) is 8.42 Å². The number of carboxylic acids is 1. The van der Waals surface area contributed by atoms with E-state index in [1.165, 1.54) is 12.1 Å². The van der Waals surface area contributed by atoms with Gasteiger partial charge in [-0.15, -0.1) is 0 Å². The van der Waals surface area contributed by atoms with Crippen molar-refractivity contribution in [1.82, 2.24) is 0 Å². The third-order valence-corrected chi connectivity index (χ3v) is 3.97. The molecule has 0 fully saturated rings. The zero-order valence-corrected chi connectivity index (χ0v) is 11.2. The molecule has 1 atom stereocenters. The van der Waals surface area contributed by atoms with Crippen molar-refractivity contribution in [1.29, 1.82) is 0 Å². The summed E-state index contributed by atoms with van der Waals surface area (Å²) in [5, 5.41) is 7.16. The van der Waals surface area contributed by atoms with Gasteiger partial charge in [-0.05, 0) is 31.2 Å². The van der Waals surface area contributed by atoms with Crippen LogP contribution in [-0.2, 0) is 14.8 Å². The van der Waals surface area contributed by atoms with Crippen LogP contribution in [0, 0.1) is 0 Å². The number of nitrogens with two attached hydrogens (primary N) is 1. The van der Waals surface area contributed by atoms with Gasteiger partial charge in [0.25, 0.3) is 0 Å². The molecule has 106 valence electrons. The van der Waals surface area contributed by atoms with Crippen LogP contribution in [-0.4, -0.2) is 37.9 Å². The summed E-state index contributed by atoms with van der Waals surface area (Å²) >= 11 is 0. The first-order valence-electron chi connectivity index (χ1n) is 5.54. The normalized spacial score (nSPS) is 12.7. The molecular formula is C11H16N2O5S. The molecule has 0 saturated carbocycles. The fraction of sp³-hybridized carbons (Fsp3) is 0.364. The summed E-state index contributed by atoms with van der Waals surface area (Å²) in [7, 11) is -3.95. The van der Waals surface area contributed by atoms with Crippen molar-refractivity contribution in [3.8, 4) is 5.75 Å². The first kappa shape index (κ1) is 15.3. The van der Waals surface area contributed by atoms with Gasteiger partial charge in [-0.1, -0.05) is 0 Å². The van der Waals surface area contributed by atoms with Crippen molar-refractivity contribution in [3.05, 3.63) is 24.3 Å². The molecule has 7 nitrogen and oxygen atoms in total. The van der Waals surface area contributed by atoms with E-state index in [1.807, 2.05) is 0 Å². The Morgan fingerprint density at radius 1 is 1.42 bits per heavy atom. The van der Waals surface area contributed by atoms with Crippen molar-refractivity contribution in [3.63, 3.8) is 0 Å². The number of rotatable bonds is 7. The van der Waals surface area contributed by atoms with E-state index >= 15 is 0 Å². The van der Waals surface area contributed by atoms with Crippen LogP contribution in [0.3, 0.4) is 0 Å². The monoisotopic (exact) mass is 288 g/mol. The number of sulfonamides is 1. The average molecular weight is 288 g/mol. The number of benzene rings is 1. The second kappa shape index (κ2) is 6.39. The van der Waals surface area contributed by atoms with Crippen LogP contribution in [0.5, 0.6) is 5.75 Å². The van der Waals surface area contributed by atoms with Gasteiger partial charge in [-0.3, -0.25) is 9.52 Å². The molecule has 0 bridgehead atoms. The lowest BCUT2D eigenvalue weighted by molar-refractivity contribution is -0.136. The van der Waals surface area contributed by atoms with Crippen molar-refractivity contribution >= 4 is 21.7 Å². The second-order valence-electron chi connectivity index (χ2n) is 3.79. The summed E-state index contributed by atoms with van der Waals surface area (Å²) in [6.07, 6.45) is 0. The molecule has 0 radical (unpaired) electrons. The molecule has 0 amide bonds. The van der Waals surface area contributed by atoms with Crippen LogP contribution in [0.25, 0.3) is 0 Å². The molecule has 1 aromatic rings. The molecule has 0 saturated heterocycles. The van der Waals surface area contributed by atoms with Crippen LogP contribution < -0.4 is 15.2 Å². The van der Waals surface area contributed by atoms with Crippen LogP contribution in [0.1, 0.15) is 6.92 Å². The highest BCUT2D eigenvalue weighted by molar-refractivity contribution is 7.94. The minimum Gasteiger partial charge on any atom is -0.492 e. The largest absolute Gasteiger partial charge is 0.492 e. The standard InChI is InChI=1S/C11H16N2O5S/c1-8(11(14)15)19(16,17)13-9-2-4-10(5-3-9)18-7-6-12/h2-5,8,13H,6-7,12H2,1H3,(H,14,15). The predicted octanol–water partition coefficient (Wildman–Crippen LogP) is 0.239. The van der Waals surface area contributed by atoms with E-state index in [9.17, 15) is 13.2 Å². The zero-order chi connectivity index (χ0) is 14.5. The molecule has 8 heteroatoms. The summed E-state index contributed by atoms with van der Waals surface area (Å²) < 4.78 is 30.7. The molecule has 1 aromatic carbocycles. The Morgan fingerprint density at radius 3 is 2.47 bits per heavy atom. The number of hydrogen-bond donors (Lipinski definition) is 3. The molecule has 0 aromatic heterocycles. The Kier molecular flexibility index (Phi) is 5.13. The van der Waals surface area contributed by atoms with E-state index in [0.29, 0.717) is 18.9 Å². The highest BCUT2D eigenvalue weighted by atomic mass is 32.2. The Bertz CT molecular complexity index is 527. The number of hydrogen-bond acceptors (Lipinski definition) is 5. The van der Waals surface area contributed by atoms with Crippen LogP contribution in [0.2, 0.25) is 0 Å². The summed E-state index contributed by atoms with van der Waals surface area (Å²) in [6.45, 7) is 1.84. The van der Waals surface area contributed by atoms with Crippen LogP contribution >= 0.6 is 0 Å². The number of aliphatic carboxylic acids is 1. The Labute approximate surface area is 111 Å². The van der Waals surface area contributed by atoms with Gasteiger partial charge in [-0.2, -0.15) is 0 Å². The number of carbonyl (C=O) groups is 1. The first-order chi connectivity index (χ1) is 8.86. The lowest BCUT2D eigenvalue weighted by Crippen LogP contribution is -2.32. The first-order valence-corrected chi connectivity index (χ1v) is 7.09. The fourth-order valence-electron chi connectivity index (χ4n) is 1.18. The Morgan fingerprint density at radius 2 is 2.00 bits per heavy atom. The van der Waals surface area contributed by atoms with E-state index in [-0.39, 0.29) is 5.69 Å². The maximum atomic E-state index is 11.7. The van der Waals surface area contributed by atoms with E-state index < -0.39 is 21.2 Å². The fourth-order valence-corrected chi connectivity index (χ4v) is 2.09. The van der Waals surface area contributed by atoms with E-state index in [0.717, 1.165) is 6.92 Å². The molecule has 4 N–H and O–H groups in total. The average Bonchev–Trinajstić information content (AvgIpc) is 2.36. The van der Waals surface area contributed by atoms with Crippen LogP contribution in [0.15, 0.2) is 24.3 Å². The molecule has 0 spiro atoms. The summed E-state index contributed by atoms with van der Waals surface area (Å²) in [6, 6.07) is 6.10. The number of ether oxygens (including phenoxy) is 1. The molecule has 0 aliphatic rings. The lowest BCUT2D eigenvalue weighted by Gasteiger charge is -2.11. The van der Waals surface area contributed by atoms with Crippen molar-refractivity contribution < 1.29 is 23.1 Å². The number of nitrogens with one attached hydrogen (secondary N) is 1. The quantitative estimate of drug-likeness (QED) is 0.661. The summed E-state index contributed by atoms with van der Waals surface area (Å²) in [4.78, 5) is 10.7. The van der Waals surface area contributed by atoms with Crippen molar-refractivity contribution in [2.45, 2.75) is 12.2 Å². The third-order valence-electron chi connectivity index (χ3n) is 2.31. The molecule has 19 heavy (non-hydrogen) atoms. The Hall–Kier alpha value is -1.80. The van der Waals surface area contributed by atoms with Gasteiger partial charge in [0.05, 0.1) is 0 Å². The minimum atomic E-state index is -3.95. The second-order valence-corrected chi connectivity index (χ2v) is 5.79. The SMILES string of the molecule is CC(C(=O)O)S(=O)(=O)Nc1ccc(OCCN)cc1. The maximum absolute atomic E-state index is 11.7. The number of carboxylic acid groups (broad SMARTS) is 1.